The molecule has 16 heavy (non-hydrogen) atoms. The van der Waals surface area contributed by atoms with Crippen molar-refractivity contribution in [2.75, 3.05) is 12.3 Å². The van der Waals surface area contributed by atoms with Gasteiger partial charge in [0.1, 0.15) is 6.33 Å². The van der Waals surface area contributed by atoms with Gasteiger partial charge in [0.2, 0.25) is 0 Å². The summed E-state index contributed by atoms with van der Waals surface area (Å²) in [6, 6.07) is 3.98. The predicted octanol–water partition coefficient (Wildman–Crippen LogP) is 3.13. The van der Waals surface area contributed by atoms with E-state index < -0.39 is 0 Å². The molecule has 7 heteroatoms. The molecule has 0 saturated heterocycles. The molecule has 0 unspecified atom stereocenters. The maximum atomic E-state index is 5.84. The van der Waals surface area contributed by atoms with Crippen LogP contribution in [0, 0.1) is 0 Å². The molecule has 1 N–H and O–H groups in total. The van der Waals surface area contributed by atoms with Gasteiger partial charge in [-0.15, -0.1) is 11.3 Å². The van der Waals surface area contributed by atoms with Crippen LogP contribution in [0.3, 0.4) is 0 Å². The highest BCUT2D eigenvalue weighted by Crippen LogP contribution is 2.21. The summed E-state index contributed by atoms with van der Waals surface area (Å²) in [5.74, 6) is 1.01. The fourth-order valence-corrected chi connectivity index (χ4v) is 3.56. The summed E-state index contributed by atoms with van der Waals surface area (Å²) >= 11 is 10.6. The summed E-state index contributed by atoms with van der Waals surface area (Å²) in [7, 11) is 0. The molecule has 2 aromatic heterocycles. The molecule has 0 aliphatic heterocycles. The van der Waals surface area contributed by atoms with E-state index in [4.69, 9.17) is 11.6 Å². The second-order valence-electron chi connectivity index (χ2n) is 2.94. The first kappa shape index (κ1) is 12.3. The van der Waals surface area contributed by atoms with Crippen LogP contribution in [0.4, 0.5) is 0 Å². The van der Waals surface area contributed by atoms with Crippen LogP contribution >= 0.6 is 46.2 Å². The summed E-state index contributed by atoms with van der Waals surface area (Å²) in [6.45, 7) is 1.84. The van der Waals surface area contributed by atoms with Crippen LogP contribution in [0.1, 0.15) is 4.88 Å². The quantitative estimate of drug-likeness (QED) is 0.655. The number of thiophene rings is 1. The summed E-state index contributed by atoms with van der Waals surface area (Å²) in [4.78, 5) is 5.37. The zero-order valence-corrected chi connectivity index (χ0v) is 11.6. The van der Waals surface area contributed by atoms with Crippen LogP contribution in [0.25, 0.3) is 0 Å². The Morgan fingerprint density at radius 1 is 1.44 bits per heavy atom. The Hall–Kier alpha value is -0.140. The first-order valence-corrected chi connectivity index (χ1v) is 7.64. The number of thioether (sulfide) groups is 1. The van der Waals surface area contributed by atoms with E-state index >= 15 is 0 Å². The molecule has 2 aromatic rings. The second-order valence-corrected chi connectivity index (χ2v) is 6.86. The molecule has 0 amide bonds. The second kappa shape index (κ2) is 6.56. The summed E-state index contributed by atoms with van der Waals surface area (Å²) in [5.41, 5.74) is 0. The fourth-order valence-electron chi connectivity index (χ4n) is 1.10. The molecule has 0 aliphatic carbocycles. The van der Waals surface area contributed by atoms with Crippen LogP contribution in [0.15, 0.2) is 22.8 Å². The molecule has 0 atom stereocenters. The summed E-state index contributed by atoms with van der Waals surface area (Å²) < 4.78 is 5.82. The zero-order valence-electron chi connectivity index (χ0n) is 8.35. The SMILES string of the molecule is Clc1ccc(CNCCSc2ncns2)s1. The lowest BCUT2D eigenvalue weighted by atomic mass is 10.4. The zero-order chi connectivity index (χ0) is 11.2. The molecule has 0 bridgehead atoms. The topological polar surface area (TPSA) is 37.8 Å². The van der Waals surface area contributed by atoms with Crippen molar-refractivity contribution < 1.29 is 0 Å². The van der Waals surface area contributed by atoms with Crippen molar-refractivity contribution in [3.63, 3.8) is 0 Å². The maximum absolute atomic E-state index is 5.84. The number of hydrogen-bond acceptors (Lipinski definition) is 6. The minimum Gasteiger partial charge on any atom is -0.311 e. The van der Waals surface area contributed by atoms with Gasteiger partial charge in [0.15, 0.2) is 4.34 Å². The van der Waals surface area contributed by atoms with Crippen molar-refractivity contribution in [3.05, 3.63) is 27.7 Å². The van der Waals surface area contributed by atoms with Gasteiger partial charge >= 0.3 is 0 Å². The van der Waals surface area contributed by atoms with E-state index in [1.807, 2.05) is 6.07 Å². The highest BCUT2D eigenvalue weighted by molar-refractivity contribution is 8.00. The van der Waals surface area contributed by atoms with E-state index in [0.29, 0.717) is 0 Å². The van der Waals surface area contributed by atoms with Crippen LogP contribution in [-0.4, -0.2) is 21.7 Å². The Labute approximate surface area is 111 Å². The smallest absolute Gasteiger partial charge is 0.169 e. The number of nitrogens with zero attached hydrogens (tertiary/aromatic N) is 2. The highest BCUT2D eigenvalue weighted by atomic mass is 35.5. The highest BCUT2D eigenvalue weighted by Gasteiger charge is 1.99. The van der Waals surface area contributed by atoms with Crippen molar-refractivity contribution >= 4 is 46.2 Å². The normalized spacial score (nSPS) is 10.8. The summed E-state index contributed by atoms with van der Waals surface area (Å²) in [5, 5.41) is 3.36. The van der Waals surface area contributed by atoms with Crippen LogP contribution in [0.2, 0.25) is 4.34 Å². The van der Waals surface area contributed by atoms with Crippen molar-refractivity contribution in [1.29, 1.82) is 0 Å². The van der Waals surface area contributed by atoms with E-state index in [-0.39, 0.29) is 0 Å². The average Bonchev–Trinajstić information content (AvgIpc) is 2.89. The van der Waals surface area contributed by atoms with Crippen LogP contribution < -0.4 is 5.32 Å². The van der Waals surface area contributed by atoms with Crippen molar-refractivity contribution in [1.82, 2.24) is 14.7 Å². The third-order valence-corrected chi connectivity index (χ3v) is 4.80. The molecule has 0 aliphatic rings. The molecule has 86 valence electrons. The van der Waals surface area contributed by atoms with Gasteiger partial charge < -0.3 is 5.32 Å². The maximum Gasteiger partial charge on any atom is 0.169 e. The van der Waals surface area contributed by atoms with Gasteiger partial charge in [0.05, 0.1) is 4.34 Å². The lowest BCUT2D eigenvalue weighted by Gasteiger charge is -2.00. The Morgan fingerprint density at radius 3 is 3.06 bits per heavy atom. The molecule has 2 heterocycles. The van der Waals surface area contributed by atoms with E-state index in [1.165, 1.54) is 16.4 Å². The number of aromatic nitrogens is 2. The van der Waals surface area contributed by atoms with Crippen molar-refractivity contribution in [3.8, 4) is 0 Å². The molecule has 0 radical (unpaired) electrons. The van der Waals surface area contributed by atoms with Crippen molar-refractivity contribution in [2.45, 2.75) is 10.9 Å². The molecule has 2 rings (SSSR count). The standard InChI is InChI=1S/C9H10ClN3S3/c10-8-2-1-7(15-8)5-11-3-4-14-9-12-6-13-16-9/h1-2,6,11H,3-5H2. The van der Waals surface area contributed by atoms with Gasteiger partial charge in [-0.1, -0.05) is 23.4 Å². The lowest BCUT2D eigenvalue weighted by molar-refractivity contribution is 0.741. The number of hydrogen-bond donors (Lipinski definition) is 1. The molecule has 0 spiro atoms. The summed E-state index contributed by atoms with van der Waals surface area (Å²) in [6.07, 6.45) is 1.59. The average molecular weight is 292 g/mol. The Bertz CT molecular complexity index is 415. The van der Waals surface area contributed by atoms with Gasteiger partial charge in [-0.2, -0.15) is 4.37 Å². The molecule has 0 fully saturated rings. The van der Waals surface area contributed by atoms with Gasteiger partial charge in [0, 0.05) is 23.7 Å². The number of nitrogens with one attached hydrogen (secondary N) is 1. The van der Waals surface area contributed by atoms with Crippen LogP contribution in [0.5, 0.6) is 0 Å². The fraction of sp³-hybridized carbons (Fsp3) is 0.333. The Morgan fingerprint density at radius 2 is 2.38 bits per heavy atom. The molecule has 0 aromatic carbocycles. The van der Waals surface area contributed by atoms with E-state index in [0.717, 1.165) is 27.5 Å². The first-order valence-electron chi connectivity index (χ1n) is 4.69. The third kappa shape index (κ3) is 4.03. The molecule has 0 saturated carbocycles. The van der Waals surface area contributed by atoms with E-state index in [9.17, 15) is 0 Å². The van der Waals surface area contributed by atoms with E-state index in [2.05, 4.69) is 20.7 Å². The Kier molecular flexibility index (Phi) is 5.05. The predicted molar refractivity (Wildman–Crippen MR) is 71.7 cm³/mol. The van der Waals surface area contributed by atoms with Crippen LogP contribution in [-0.2, 0) is 6.54 Å². The van der Waals surface area contributed by atoms with E-state index in [1.54, 1.807) is 29.4 Å². The third-order valence-electron chi connectivity index (χ3n) is 1.77. The van der Waals surface area contributed by atoms with Gasteiger partial charge in [-0.3, -0.25) is 0 Å². The van der Waals surface area contributed by atoms with Gasteiger partial charge in [-0.05, 0) is 23.7 Å². The minimum atomic E-state index is 0.847. The minimum absolute atomic E-state index is 0.847. The van der Waals surface area contributed by atoms with Crippen molar-refractivity contribution in [2.24, 2.45) is 0 Å². The molecular weight excluding hydrogens is 282 g/mol. The molecule has 3 nitrogen and oxygen atoms in total. The largest absolute Gasteiger partial charge is 0.311 e. The number of halogens is 1. The monoisotopic (exact) mass is 291 g/mol. The first-order chi connectivity index (χ1) is 7.84. The lowest BCUT2D eigenvalue weighted by Crippen LogP contribution is -2.15. The molecular formula is C9H10ClN3S3. The van der Waals surface area contributed by atoms with Gasteiger partial charge in [-0.25, -0.2) is 4.98 Å². The number of rotatable bonds is 6. The Balaban J connectivity index is 1.59. The van der Waals surface area contributed by atoms with Gasteiger partial charge in [0.25, 0.3) is 0 Å².